The van der Waals surface area contributed by atoms with Gasteiger partial charge in [-0.05, 0) is 59.0 Å². The van der Waals surface area contributed by atoms with Gasteiger partial charge < -0.3 is 28.5 Å². The molecule has 1 fully saturated rings. The lowest BCUT2D eigenvalue weighted by molar-refractivity contribution is -0.908. The molecule has 0 radical (unpaired) electrons. The SMILES string of the molecule is CC(C)=CCC/C(C)=C/C[N+]1(C)CCCCC1.[I-]. The Balaban J connectivity index is 0.00000289. The third-order valence-corrected chi connectivity index (χ3v) is 3.87. The molecule has 106 valence electrons. The Hall–Kier alpha value is 0.170. The van der Waals surface area contributed by atoms with Gasteiger partial charge in [0.25, 0.3) is 0 Å². The van der Waals surface area contributed by atoms with E-state index in [1.165, 1.54) is 61.8 Å². The Kier molecular flexibility index (Phi) is 9.22. The van der Waals surface area contributed by atoms with E-state index in [0.29, 0.717) is 0 Å². The van der Waals surface area contributed by atoms with Gasteiger partial charge in [0.1, 0.15) is 0 Å². The summed E-state index contributed by atoms with van der Waals surface area (Å²) in [5, 5.41) is 0. The van der Waals surface area contributed by atoms with Crippen LogP contribution in [0.5, 0.6) is 0 Å². The Bertz CT molecular complexity index is 281. The van der Waals surface area contributed by atoms with Crippen LogP contribution >= 0.6 is 0 Å². The number of hydrogen-bond donors (Lipinski definition) is 0. The summed E-state index contributed by atoms with van der Waals surface area (Å²) >= 11 is 0. The predicted molar refractivity (Wildman–Crippen MR) is 77.1 cm³/mol. The van der Waals surface area contributed by atoms with Crippen molar-refractivity contribution in [3.8, 4) is 0 Å². The molecular formula is C16H30IN. The average molecular weight is 363 g/mol. The second-order valence-electron chi connectivity index (χ2n) is 6.18. The second-order valence-corrected chi connectivity index (χ2v) is 6.18. The predicted octanol–water partition coefficient (Wildman–Crippen LogP) is 1.31. The molecule has 0 saturated carbocycles. The van der Waals surface area contributed by atoms with Crippen molar-refractivity contribution >= 4 is 0 Å². The van der Waals surface area contributed by atoms with Crippen molar-refractivity contribution in [2.75, 3.05) is 26.7 Å². The molecule has 0 bridgehead atoms. The number of nitrogens with zero attached hydrogens (tertiary/aromatic N) is 1. The third kappa shape index (κ3) is 7.57. The van der Waals surface area contributed by atoms with Gasteiger partial charge in [-0.15, -0.1) is 0 Å². The lowest BCUT2D eigenvalue weighted by atomic mass is 10.1. The fraction of sp³-hybridized carbons (Fsp3) is 0.750. The van der Waals surface area contributed by atoms with Gasteiger partial charge in [-0.3, -0.25) is 0 Å². The second kappa shape index (κ2) is 9.13. The van der Waals surface area contributed by atoms with Crippen molar-refractivity contribution in [1.29, 1.82) is 0 Å². The minimum Gasteiger partial charge on any atom is -1.00 e. The number of halogens is 1. The van der Waals surface area contributed by atoms with E-state index in [1.807, 2.05) is 0 Å². The van der Waals surface area contributed by atoms with Crippen molar-refractivity contribution in [3.05, 3.63) is 23.3 Å². The molecule has 0 aromatic carbocycles. The lowest BCUT2D eigenvalue weighted by Crippen LogP contribution is -3.00. The maximum Gasteiger partial charge on any atom is 0.0974 e. The molecule has 1 aliphatic heterocycles. The molecule has 0 aliphatic carbocycles. The van der Waals surface area contributed by atoms with Crippen LogP contribution in [-0.4, -0.2) is 31.2 Å². The van der Waals surface area contributed by atoms with Gasteiger partial charge >= 0.3 is 0 Å². The van der Waals surface area contributed by atoms with Crippen molar-refractivity contribution in [1.82, 2.24) is 0 Å². The van der Waals surface area contributed by atoms with E-state index in [4.69, 9.17) is 0 Å². The van der Waals surface area contributed by atoms with Gasteiger partial charge in [-0.25, -0.2) is 0 Å². The van der Waals surface area contributed by atoms with Gasteiger partial charge in [0.15, 0.2) is 0 Å². The fourth-order valence-electron chi connectivity index (χ4n) is 2.53. The van der Waals surface area contributed by atoms with E-state index in [0.717, 1.165) is 0 Å². The standard InChI is InChI=1S/C16H30N.HI/c1-15(2)9-8-10-16(3)11-14-17(4)12-6-5-7-13-17;/h9,11H,5-8,10,12-14H2,1-4H3;1H/q+1;/p-1/b16-11+;. The molecule has 18 heavy (non-hydrogen) atoms. The van der Waals surface area contributed by atoms with Crippen molar-refractivity contribution in [2.24, 2.45) is 0 Å². The summed E-state index contributed by atoms with van der Waals surface area (Å²) in [6, 6.07) is 0. The highest BCUT2D eigenvalue weighted by molar-refractivity contribution is 5.02. The smallest absolute Gasteiger partial charge is 0.0974 e. The first-order chi connectivity index (χ1) is 8.02. The zero-order valence-corrected chi connectivity index (χ0v) is 14.8. The molecule has 1 saturated heterocycles. The minimum absolute atomic E-state index is 0. The zero-order valence-electron chi connectivity index (χ0n) is 12.6. The molecule has 0 N–H and O–H groups in total. The van der Waals surface area contributed by atoms with E-state index >= 15 is 0 Å². The number of quaternary nitrogens is 1. The summed E-state index contributed by atoms with van der Waals surface area (Å²) in [6.07, 6.45) is 11.5. The summed E-state index contributed by atoms with van der Waals surface area (Å²) < 4.78 is 1.26. The van der Waals surface area contributed by atoms with E-state index in [9.17, 15) is 0 Å². The molecular weight excluding hydrogens is 333 g/mol. The molecule has 1 heterocycles. The lowest BCUT2D eigenvalue weighted by Gasteiger charge is -2.37. The fourth-order valence-corrected chi connectivity index (χ4v) is 2.53. The summed E-state index contributed by atoms with van der Waals surface area (Å²) in [4.78, 5) is 0. The highest BCUT2D eigenvalue weighted by Crippen LogP contribution is 2.17. The third-order valence-electron chi connectivity index (χ3n) is 3.87. The maximum absolute atomic E-state index is 2.48. The van der Waals surface area contributed by atoms with Crippen molar-refractivity contribution < 1.29 is 28.5 Å². The van der Waals surface area contributed by atoms with Gasteiger partial charge in [0.2, 0.25) is 0 Å². The van der Waals surface area contributed by atoms with Crippen molar-refractivity contribution in [3.63, 3.8) is 0 Å². The molecule has 1 rings (SSSR count). The van der Waals surface area contributed by atoms with Crippen LogP contribution in [0.4, 0.5) is 0 Å². The van der Waals surface area contributed by atoms with Gasteiger partial charge in [-0.1, -0.05) is 17.2 Å². The monoisotopic (exact) mass is 363 g/mol. The van der Waals surface area contributed by atoms with Crippen LogP contribution in [0.25, 0.3) is 0 Å². The molecule has 2 heteroatoms. The summed E-state index contributed by atoms with van der Waals surface area (Å²) in [5.41, 5.74) is 3.00. The van der Waals surface area contributed by atoms with Crippen LogP contribution in [0.2, 0.25) is 0 Å². The highest BCUT2D eigenvalue weighted by Gasteiger charge is 2.22. The number of hydrogen-bond acceptors (Lipinski definition) is 0. The Morgan fingerprint density at radius 3 is 2.17 bits per heavy atom. The molecule has 1 aliphatic rings. The number of likely N-dealkylation sites (tertiary alicyclic amines) is 1. The first-order valence-electron chi connectivity index (χ1n) is 7.14. The Morgan fingerprint density at radius 2 is 1.61 bits per heavy atom. The number of rotatable bonds is 5. The van der Waals surface area contributed by atoms with E-state index in [2.05, 4.69) is 40.0 Å². The van der Waals surface area contributed by atoms with E-state index < -0.39 is 0 Å². The summed E-state index contributed by atoms with van der Waals surface area (Å²) in [6.45, 7) is 10.6. The van der Waals surface area contributed by atoms with Crippen LogP contribution in [0.3, 0.4) is 0 Å². The number of allylic oxidation sites excluding steroid dienone is 3. The molecule has 0 aromatic rings. The topological polar surface area (TPSA) is 0 Å². The van der Waals surface area contributed by atoms with Crippen molar-refractivity contribution in [2.45, 2.75) is 52.9 Å². The molecule has 0 atom stereocenters. The highest BCUT2D eigenvalue weighted by atomic mass is 127. The van der Waals surface area contributed by atoms with Crippen LogP contribution in [-0.2, 0) is 0 Å². The Labute approximate surface area is 131 Å². The summed E-state index contributed by atoms with van der Waals surface area (Å²) in [7, 11) is 2.42. The first-order valence-corrected chi connectivity index (χ1v) is 7.14. The van der Waals surface area contributed by atoms with Crippen LogP contribution < -0.4 is 24.0 Å². The maximum atomic E-state index is 2.48. The van der Waals surface area contributed by atoms with Gasteiger partial charge in [0.05, 0.1) is 26.7 Å². The molecule has 0 amide bonds. The summed E-state index contributed by atoms with van der Waals surface area (Å²) in [5.74, 6) is 0. The van der Waals surface area contributed by atoms with Crippen LogP contribution in [0.15, 0.2) is 23.3 Å². The Morgan fingerprint density at radius 1 is 1.00 bits per heavy atom. The van der Waals surface area contributed by atoms with Crippen LogP contribution in [0, 0.1) is 0 Å². The van der Waals surface area contributed by atoms with E-state index in [-0.39, 0.29) is 24.0 Å². The van der Waals surface area contributed by atoms with Gasteiger partial charge in [-0.2, -0.15) is 0 Å². The zero-order chi connectivity index (χ0) is 12.7. The molecule has 1 nitrogen and oxygen atoms in total. The first kappa shape index (κ1) is 18.2. The normalized spacial score (nSPS) is 19.0. The average Bonchev–Trinajstić information content (AvgIpc) is 2.27. The molecule has 0 unspecified atom stereocenters. The molecule has 0 spiro atoms. The molecule has 0 aromatic heterocycles. The van der Waals surface area contributed by atoms with E-state index in [1.54, 1.807) is 5.57 Å². The number of likely N-dealkylation sites (N-methyl/N-ethyl adjacent to an activating group) is 1. The van der Waals surface area contributed by atoms with Gasteiger partial charge in [0, 0.05) is 0 Å². The quantitative estimate of drug-likeness (QED) is 0.393. The van der Waals surface area contributed by atoms with Crippen LogP contribution in [0.1, 0.15) is 52.9 Å². The number of piperidine rings is 1. The minimum atomic E-state index is 0. The largest absolute Gasteiger partial charge is 1.00 e.